The second-order valence-electron chi connectivity index (χ2n) is 6.29. The van der Waals surface area contributed by atoms with Gasteiger partial charge in [0.05, 0.1) is 17.4 Å². The highest BCUT2D eigenvalue weighted by molar-refractivity contribution is 7.93. The molecule has 3 rings (SSSR count). The lowest BCUT2D eigenvalue weighted by atomic mass is 9.95. The number of nitrogens with one attached hydrogen (secondary N) is 1. The molecular weight excluding hydrogens is 355 g/mol. The minimum Gasteiger partial charge on any atom is -0.325 e. The Kier molecular flexibility index (Phi) is 5.27. The number of hydrogen-bond acceptors (Lipinski definition) is 3. The van der Waals surface area contributed by atoms with E-state index in [0.29, 0.717) is 30.8 Å². The van der Waals surface area contributed by atoms with E-state index in [-0.39, 0.29) is 17.5 Å². The lowest BCUT2D eigenvalue weighted by molar-refractivity contribution is -0.117. The van der Waals surface area contributed by atoms with Gasteiger partial charge >= 0.3 is 0 Å². The van der Waals surface area contributed by atoms with E-state index < -0.39 is 15.9 Å². The number of carbonyl (C=O) groups is 1. The van der Waals surface area contributed by atoms with Crippen LogP contribution in [0.4, 0.5) is 15.8 Å². The van der Waals surface area contributed by atoms with Crippen LogP contribution >= 0.6 is 0 Å². The predicted molar refractivity (Wildman–Crippen MR) is 100 cm³/mol. The largest absolute Gasteiger partial charge is 0.325 e. The first kappa shape index (κ1) is 18.4. The molecule has 0 radical (unpaired) electrons. The SMILES string of the molecule is CCC(C(=O)Nc1cccc(N2CCCS2(=O)=O)c1)c1ccc(F)cc1. The number of hydrogen-bond donors (Lipinski definition) is 1. The lowest BCUT2D eigenvalue weighted by Crippen LogP contribution is -2.25. The highest BCUT2D eigenvalue weighted by atomic mass is 32.2. The van der Waals surface area contributed by atoms with Gasteiger partial charge in [-0.2, -0.15) is 0 Å². The van der Waals surface area contributed by atoms with Gasteiger partial charge in [0.25, 0.3) is 0 Å². The van der Waals surface area contributed by atoms with Gasteiger partial charge in [0, 0.05) is 12.2 Å². The van der Waals surface area contributed by atoms with E-state index in [0.717, 1.165) is 5.56 Å². The van der Waals surface area contributed by atoms with Crippen molar-refractivity contribution in [3.63, 3.8) is 0 Å². The molecule has 1 aliphatic heterocycles. The van der Waals surface area contributed by atoms with Gasteiger partial charge in [-0.3, -0.25) is 9.10 Å². The van der Waals surface area contributed by atoms with E-state index in [9.17, 15) is 17.6 Å². The molecule has 0 bridgehead atoms. The standard InChI is InChI=1S/C19H21FN2O3S/c1-2-18(14-7-9-15(20)10-8-14)19(23)21-16-5-3-6-17(13-16)22-11-4-12-26(22,24)25/h3,5-10,13,18H,2,4,11-12H2,1H3,(H,21,23). The first-order valence-electron chi connectivity index (χ1n) is 8.57. The molecular formula is C19H21FN2O3S. The summed E-state index contributed by atoms with van der Waals surface area (Å²) in [5.74, 6) is -0.814. The van der Waals surface area contributed by atoms with Crippen molar-refractivity contribution in [2.75, 3.05) is 21.9 Å². The summed E-state index contributed by atoms with van der Waals surface area (Å²) >= 11 is 0. The van der Waals surface area contributed by atoms with Crippen LogP contribution in [0.3, 0.4) is 0 Å². The van der Waals surface area contributed by atoms with Crippen molar-refractivity contribution in [3.05, 3.63) is 59.9 Å². The molecule has 0 aromatic heterocycles. The molecule has 26 heavy (non-hydrogen) atoms. The molecule has 1 saturated heterocycles. The number of rotatable bonds is 5. The summed E-state index contributed by atoms with van der Waals surface area (Å²) in [5.41, 5.74) is 1.83. The minimum atomic E-state index is -3.27. The average molecular weight is 376 g/mol. The normalized spacial score (nSPS) is 17.1. The Hall–Kier alpha value is -2.41. The van der Waals surface area contributed by atoms with Crippen molar-refractivity contribution >= 4 is 27.3 Å². The smallest absolute Gasteiger partial charge is 0.235 e. The van der Waals surface area contributed by atoms with Crippen LogP contribution in [0.15, 0.2) is 48.5 Å². The van der Waals surface area contributed by atoms with E-state index in [4.69, 9.17) is 0 Å². The summed E-state index contributed by atoms with van der Waals surface area (Å²) in [6, 6.07) is 12.7. The van der Waals surface area contributed by atoms with Crippen molar-refractivity contribution in [2.24, 2.45) is 0 Å². The highest BCUT2D eigenvalue weighted by Gasteiger charge is 2.28. The Morgan fingerprint density at radius 3 is 2.58 bits per heavy atom. The van der Waals surface area contributed by atoms with Crippen molar-refractivity contribution in [2.45, 2.75) is 25.7 Å². The van der Waals surface area contributed by atoms with Gasteiger partial charge in [-0.25, -0.2) is 12.8 Å². The topological polar surface area (TPSA) is 66.5 Å². The van der Waals surface area contributed by atoms with Crippen molar-refractivity contribution in [1.82, 2.24) is 0 Å². The summed E-state index contributed by atoms with van der Waals surface area (Å²) in [7, 11) is -3.27. The molecule has 1 fully saturated rings. The molecule has 0 spiro atoms. The highest BCUT2D eigenvalue weighted by Crippen LogP contribution is 2.28. The maximum Gasteiger partial charge on any atom is 0.235 e. The molecule has 1 unspecified atom stereocenters. The summed E-state index contributed by atoms with van der Waals surface area (Å²) in [6.45, 7) is 2.34. The molecule has 2 aromatic rings. The maximum absolute atomic E-state index is 13.1. The average Bonchev–Trinajstić information content (AvgIpc) is 2.96. The summed E-state index contributed by atoms with van der Waals surface area (Å²) in [5, 5.41) is 2.84. The van der Waals surface area contributed by atoms with E-state index in [1.165, 1.54) is 16.4 Å². The van der Waals surface area contributed by atoms with Crippen molar-refractivity contribution in [1.29, 1.82) is 0 Å². The first-order valence-corrected chi connectivity index (χ1v) is 10.2. The third-order valence-corrected chi connectivity index (χ3v) is 6.37. The van der Waals surface area contributed by atoms with Crippen LogP contribution in [0.25, 0.3) is 0 Å². The number of anilines is 2. The maximum atomic E-state index is 13.1. The van der Waals surface area contributed by atoms with Crippen molar-refractivity contribution in [3.8, 4) is 0 Å². The molecule has 0 saturated carbocycles. The Morgan fingerprint density at radius 2 is 1.96 bits per heavy atom. The van der Waals surface area contributed by atoms with Gasteiger partial charge < -0.3 is 5.32 Å². The quantitative estimate of drug-likeness (QED) is 0.869. The van der Waals surface area contributed by atoms with Crippen molar-refractivity contribution < 1.29 is 17.6 Å². The molecule has 2 aromatic carbocycles. The fraction of sp³-hybridized carbons (Fsp3) is 0.316. The lowest BCUT2D eigenvalue weighted by Gasteiger charge is -2.19. The predicted octanol–water partition coefficient (Wildman–Crippen LogP) is 3.50. The summed E-state index contributed by atoms with van der Waals surface area (Å²) in [6.07, 6.45) is 1.17. The van der Waals surface area contributed by atoms with E-state index in [1.54, 1.807) is 36.4 Å². The second kappa shape index (κ2) is 7.45. The van der Waals surface area contributed by atoms with E-state index in [1.807, 2.05) is 6.92 Å². The Labute approximate surface area is 152 Å². The Balaban J connectivity index is 1.78. The third kappa shape index (κ3) is 3.88. The van der Waals surface area contributed by atoms with Gasteiger partial charge in [-0.05, 0) is 48.7 Å². The number of nitrogens with zero attached hydrogens (tertiary/aromatic N) is 1. The zero-order chi connectivity index (χ0) is 18.7. The number of carbonyl (C=O) groups excluding carboxylic acids is 1. The van der Waals surface area contributed by atoms with Gasteiger partial charge in [0.15, 0.2) is 0 Å². The molecule has 7 heteroatoms. The third-order valence-electron chi connectivity index (χ3n) is 4.50. The summed E-state index contributed by atoms with van der Waals surface area (Å²) in [4.78, 5) is 12.7. The fourth-order valence-corrected chi connectivity index (χ4v) is 4.72. The first-order chi connectivity index (χ1) is 12.4. The molecule has 138 valence electrons. The monoisotopic (exact) mass is 376 g/mol. The zero-order valence-electron chi connectivity index (χ0n) is 14.5. The number of halogens is 1. The van der Waals surface area contributed by atoms with Crippen LogP contribution < -0.4 is 9.62 Å². The molecule has 1 N–H and O–H groups in total. The molecule has 0 aliphatic carbocycles. The van der Waals surface area contributed by atoms with Gasteiger partial charge in [-0.15, -0.1) is 0 Å². The number of amides is 1. The molecule has 1 aliphatic rings. The Bertz CT molecular complexity index is 897. The second-order valence-corrected chi connectivity index (χ2v) is 8.31. The fourth-order valence-electron chi connectivity index (χ4n) is 3.17. The van der Waals surface area contributed by atoms with Crippen LogP contribution in [-0.2, 0) is 14.8 Å². The van der Waals surface area contributed by atoms with E-state index >= 15 is 0 Å². The van der Waals surface area contributed by atoms with Crippen LogP contribution in [-0.4, -0.2) is 26.6 Å². The molecule has 1 heterocycles. The van der Waals surface area contributed by atoms with Crippen LogP contribution in [0, 0.1) is 5.82 Å². The number of benzene rings is 2. The Morgan fingerprint density at radius 1 is 1.23 bits per heavy atom. The van der Waals surface area contributed by atoms with Crippen LogP contribution in [0.1, 0.15) is 31.2 Å². The molecule has 1 atom stereocenters. The van der Waals surface area contributed by atoms with Crippen LogP contribution in [0.5, 0.6) is 0 Å². The molecule has 1 amide bonds. The number of sulfonamides is 1. The van der Waals surface area contributed by atoms with Gasteiger partial charge in [-0.1, -0.05) is 25.1 Å². The molecule has 5 nitrogen and oxygen atoms in total. The zero-order valence-corrected chi connectivity index (χ0v) is 15.3. The van der Waals surface area contributed by atoms with Crippen LogP contribution in [0.2, 0.25) is 0 Å². The minimum absolute atomic E-state index is 0.145. The van der Waals surface area contributed by atoms with E-state index in [2.05, 4.69) is 5.32 Å². The van der Waals surface area contributed by atoms with Gasteiger partial charge in [0.2, 0.25) is 15.9 Å². The summed E-state index contributed by atoms with van der Waals surface area (Å²) < 4.78 is 38.6. The van der Waals surface area contributed by atoms with Gasteiger partial charge in [0.1, 0.15) is 5.82 Å².